The molecule has 0 bridgehead atoms. The number of imidazole rings is 1. The average Bonchev–Trinajstić information content (AvgIpc) is 2.84. The first-order valence-corrected chi connectivity index (χ1v) is 6.72. The number of hydrogen-bond acceptors (Lipinski definition) is 3. The standard InChI is InChI=1S/C15H21N3O/c1-3-12-19-14-6-4-13(5-7-14)16-9-8-15-17-10-11-18(15)2/h4-7,10-11,16H,3,8-9,12H2,1-2H3. The number of aromatic nitrogens is 2. The van der Waals surface area contributed by atoms with Crippen molar-refractivity contribution in [1.29, 1.82) is 0 Å². The lowest BCUT2D eigenvalue weighted by molar-refractivity contribution is 0.317. The van der Waals surface area contributed by atoms with E-state index in [4.69, 9.17) is 4.74 Å². The zero-order valence-corrected chi connectivity index (χ0v) is 11.6. The third kappa shape index (κ3) is 4.02. The largest absolute Gasteiger partial charge is 0.494 e. The second-order valence-corrected chi connectivity index (χ2v) is 4.50. The molecule has 0 fully saturated rings. The van der Waals surface area contributed by atoms with Crippen LogP contribution in [0.15, 0.2) is 36.7 Å². The summed E-state index contributed by atoms with van der Waals surface area (Å²) in [5.41, 5.74) is 1.11. The second kappa shape index (κ2) is 6.83. The van der Waals surface area contributed by atoms with Gasteiger partial charge in [-0.15, -0.1) is 0 Å². The van der Waals surface area contributed by atoms with E-state index in [2.05, 4.69) is 17.2 Å². The van der Waals surface area contributed by atoms with E-state index in [1.807, 2.05) is 48.3 Å². The maximum Gasteiger partial charge on any atom is 0.119 e. The van der Waals surface area contributed by atoms with Crippen molar-refractivity contribution in [3.05, 3.63) is 42.5 Å². The molecule has 1 heterocycles. The van der Waals surface area contributed by atoms with Gasteiger partial charge in [0.25, 0.3) is 0 Å². The molecule has 1 aromatic heterocycles. The van der Waals surface area contributed by atoms with Crippen molar-refractivity contribution in [3.8, 4) is 5.75 Å². The summed E-state index contributed by atoms with van der Waals surface area (Å²) in [6, 6.07) is 8.09. The lowest BCUT2D eigenvalue weighted by Gasteiger charge is -2.08. The number of anilines is 1. The molecule has 0 atom stereocenters. The zero-order valence-electron chi connectivity index (χ0n) is 11.6. The molecule has 1 aromatic carbocycles. The molecule has 0 radical (unpaired) electrons. The van der Waals surface area contributed by atoms with E-state index < -0.39 is 0 Å². The summed E-state index contributed by atoms with van der Waals surface area (Å²) >= 11 is 0. The Hall–Kier alpha value is -1.97. The fourth-order valence-corrected chi connectivity index (χ4v) is 1.84. The normalized spacial score (nSPS) is 10.4. The van der Waals surface area contributed by atoms with Crippen LogP contribution in [-0.4, -0.2) is 22.7 Å². The number of hydrogen-bond donors (Lipinski definition) is 1. The molecule has 0 aliphatic carbocycles. The number of rotatable bonds is 7. The third-order valence-corrected chi connectivity index (χ3v) is 2.93. The summed E-state index contributed by atoms with van der Waals surface area (Å²) in [4.78, 5) is 4.30. The van der Waals surface area contributed by atoms with Crippen LogP contribution >= 0.6 is 0 Å². The van der Waals surface area contributed by atoms with E-state index in [-0.39, 0.29) is 0 Å². The van der Waals surface area contributed by atoms with Crippen molar-refractivity contribution in [2.24, 2.45) is 7.05 Å². The highest BCUT2D eigenvalue weighted by atomic mass is 16.5. The molecule has 4 nitrogen and oxygen atoms in total. The maximum absolute atomic E-state index is 5.55. The van der Waals surface area contributed by atoms with E-state index in [9.17, 15) is 0 Å². The molecule has 0 spiro atoms. The highest BCUT2D eigenvalue weighted by Crippen LogP contribution is 2.15. The van der Waals surface area contributed by atoms with Crippen LogP contribution < -0.4 is 10.1 Å². The molecule has 0 amide bonds. The number of nitrogens with zero attached hydrogens (tertiary/aromatic N) is 2. The summed E-state index contributed by atoms with van der Waals surface area (Å²) < 4.78 is 7.59. The summed E-state index contributed by atoms with van der Waals surface area (Å²) in [7, 11) is 2.02. The molecular weight excluding hydrogens is 238 g/mol. The van der Waals surface area contributed by atoms with Crippen LogP contribution in [0.5, 0.6) is 5.75 Å². The van der Waals surface area contributed by atoms with Crippen molar-refractivity contribution in [2.45, 2.75) is 19.8 Å². The van der Waals surface area contributed by atoms with Crippen molar-refractivity contribution >= 4 is 5.69 Å². The van der Waals surface area contributed by atoms with Gasteiger partial charge in [0.1, 0.15) is 11.6 Å². The monoisotopic (exact) mass is 259 g/mol. The SMILES string of the molecule is CCCOc1ccc(NCCc2nccn2C)cc1. The summed E-state index contributed by atoms with van der Waals surface area (Å²) in [5, 5.41) is 3.38. The first-order valence-electron chi connectivity index (χ1n) is 6.72. The van der Waals surface area contributed by atoms with Crippen molar-refractivity contribution in [1.82, 2.24) is 9.55 Å². The van der Waals surface area contributed by atoms with E-state index >= 15 is 0 Å². The highest BCUT2D eigenvalue weighted by Gasteiger charge is 1.99. The minimum atomic E-state index is 0.770. The fourth-order valence-electron chi connectivity index (χ4n) is 1.84. The molecule has 19 heavy (non-hydrogen) atoms. The van der Waals surface area contributed by atoms with Crippen LogP contribution in [-0.2, 0) is 13.5 Å². The molecule has 0 unspecified atom stereocenters. The molecule has 0 saturated heterocycles. The van der Waals surface area contributed by atoms with Crippen LogP contribution in [0.4, 0.5) is 5.69 Å². The second-order valence-electron chi connectivity index (χ2n) is 4.50. The van der Waals surface area contributed by atoms with Gasteiger partial charge in [-0.3, -0.25) is 0 Å². The lowest BCUT2D eigenvalue weighted by atomic mass is 10.3. The van der Waals surface area contributed by atoms with Gasteiger partial charge >= 0.3 is 0 Å². The lowest BCUT2D eigenvalue weighted by Crippen LogP contribution is -2.08. The van der Waals surface area contributed by atoms with Gasteiger partial charge in [-0.1, -0.05) is 6.92 Å². The molecular formula is C15H21N3O. The predicted octanol–water partition coefficient (Wildman–Crippen LogP) is 2.86. The molecule has 102 valence electrons. The van der Waals surface area contributed by atoms with Crippen molar-refractivity contribution in [2.75, 3.05) is 18.5 Å². The van der Waals surface area contributed by atoms with Gasteiger partial charge in [-0.2, -0.15) is 0 Å². The maximum atomic E-state index is 5.55. The Morgan fingerprint density at radius 2 is 2.05 bits per heavy atom. The predicted molar refractivity (Wildman–Crippen MR) is 77.6 cm³/mol. The first kappa shape index (κ1) is 13.5. The summed E-state index contributed by atoms with van der Waals surface area (Å²) in [6.45, 7) is 3.75. The first-order chi connectivity index (χ1) is 9.29. The average molecular weight is 259 g/mol. The molecule has 1 N–H and O–H groups in total. The molecule has 2 aromatic rings. The van der Waals surface area contributed by atoms with Crippen LogP contribution in [0.1, 0.15) is 19.2 Å². The minimum absolute atomic E-state index is 0.770. The van der Waals surface area contributed by atoms with Gasteiger partial charge in [-0.25, -0.2) is 4.98 Å². The van der Waals surface area contributed by atoms with Crippen LogP contribution in [0.25, 0.3) is 0 Å². The van der Waals surface area contributed by atoms with Crippen LogP contribution in [0.2, 0.25) is 0 Å². The quantitative estimate of drug-likeness (QED) is 0.831. The van der Waals surface area contributed by atoms with E-state index in [1.165, 1.54) is 0 Å². The van der Waals surface area contributed by atoms with E-state index in [1.54, 1.807) is 0 Å². The zero-order chi connectivity index (χ0) is 13.5. The molecule has 0 aliphatic heterocycles. The summed E-state index contributed by atoms with van der Waals surface area (Å²) in [6.07, 6.45) is 5.74. The van der Waals surface area contributed by atoms with Gasteiger partial charge < -0.3 is 14.6 Å². The Balaban J connectivity index is 1.78. The smallest absolute Gasteiger partial charge is 0.119 e. The molecule has 0 aliphatic rings. The number of ether oxygens (including phenoxy) is 1. The molecule has 0 saturated carbocycles. The number of nitrogens with one attached hydrogen (secondary N) is 1. The van der Waals surface area contributed by atoms with Crippen molar-refractivity contribution in [3.63, 3.8) is 0 Å². The molecule has 2 rings (SSSR count). The fraction of sp³-hybridized carbons (Fsp3) is 0.400. The van der Waals surface area contributed by atoms with Crippen LogP contribution in [0.3, 0.4) is 0 Å². The Labute approximate surface area is 114 Å². The van der Waals surface area contributed by atoms with Gasteiger partial charge in [0.05, 0.1) is 6.61 Å². The summed E-state index contributed by atoms with van der Waals surface area (Å²) in [5.74, 6) is 2.02. The Kier molecular flexibility index (Phi) is 4.84. The van der Waals surface area contributed by atoms with Crippen molar-refractivity contribution < 1.29 is 4.74 Å². The Morgan fingerprint density at radius 3 is 2.68 bits per heavy atom. The third-order valence-electron chi connectivity index (χ3n) is 2.93. The topological polar surface area (TPSA) is 39.1 Å². The Morgan fingerprint density at radius 1 is 1.26 bits per heavy atom. The Bertz CT molecular complexity index is 490. The van der Waals surface area contributed by atoms with Gasteiger partial charge in [0.2, 0.25) is 0 Å². The van der Waals surface area contributed by atoms with Crippen LogP contribution in [0, 0.1) is 0 Å². The van der Waals surface area contributed by atoms with E-state index in [0.29, 0.717) is 0 Å². The number of benzene rings is 1. The van der Waals surface area contributed by atoms with Gasteiger partial charge in [-0.05, 0) is 30.7 Å². The number of aryl methyl sites for hydroxylation is 1. The highest BCUT2D eigenvalue weighted by molar-refractivity contribution is 5.46. The minimum Gasteiger partial charge on any atom is -0.494 e. The molecule has 4 heteroatoms. The van der Waals surface area contributed by atoms with E-state index in [0.717, 1.165) is 43.3 Å². The van der Waals surface area contributed by atoms with Gasteiger partial charge in [0.15, 0.2) is 0 Å². The van der Waals surface area contributed by atoms with Gasteiger partial charge in [0, 0.05) is 38.1 Å².